The summed E-state index contributed by atoms with van der Waals surface area (Å²) < 4.78 is 0. The molecule has 1 N–H and O–H groups in total. The standard InChI is InChI=1S/C14H16N2O2S/c1-11-2-4-12(5-3-11)16(7-6-14(17)18)9-13-8-15-10-19-13/h2-5,8,10H,6-7,9H2,1H3,(H,17,18). The maximum absolute atomic E-state index is 10.8. The van der Waals surface area contributed by atoms with E-state index in [1.165, 1.54) is 5.56 Å². The predicted molar refractivity (Wildman–Crippen MR) is 76.6 cm³/mol. The summed E-state index contributed by atoms with van der Waals surface area (Å²) in [4.78, 5) is 18.0. The summed E-state index contributed by atoms with van der Waals surface area (Å²) in [5.74, 6) is -0.776. The molecule has 0 aliphatic carbocycles. The van der Waals surface area contributed by atoms with Gasteiger partial charge in [0.05, 0.1) is 18.5 Å². The van der Waals surface area contributed by atoms with Crippen molar-refractivity contribution in [1.29, 1.82) is 0 Å². The van der Waals surface area contributed by atoms with Gasteiger partial charge >= 0.3 is 5.97 Å². The monoisotopic (exact) mass is 276 g/mol. The Kier molecular flexibility index (Phi) is 4.52. The molecule has 5 heteroatoms. The smallest absolute Gasteiger partial charge is 0.305 e. The number of nitrogens with zero attached hydrogens (tertiary/aromatic N) is 2. The van der Waals surface area contributed by atoms with Crippen molar-refractivity contribution in [1.82, 2.24) is 4.98 Å². The Labute approximate surface area is 116 Å². The Bertz CT molecular complexity index is 523. The highest BCUT2D eigenvalue weighted by Gasteiger charge is 2.10. The van der Waals surface area contributed by atoms with Crippen LogP contribution in [0, 0.1) is 6.92 Å². The van der Waals surface area contributed by atoms with Crippen LogP contribution < -0.4 is 4.90 Å². The Morgan fingerprint density at radius 1 is 1.37 bits per heavy atom. The first-order chi connectivity index (χ1) is 9.15. The van der Waals surface area contributed by atoms with Gasteiger partial charge in [-0.1, -0.05) is 17.7 Å². The van der Waals surface area contributed by atoms with Crippen molar-refractivity contribution in [2.75, 3.05) is 11.4 Å². The van der Waals surface area contributed by atoms with Gasteiger partial charge in [0.25, 0.3) is 0 Å². The number of aryl methyl sites for hydroxylation is 1. The average molecular weight is 276 g/mol. The largest absolute Gasteiger partial charge is 0.481 e. The van der Waals surface area contributed by atoms with Gasteiger partial charge in [0.15, 0.2) is 0 Å². The van der Waals surface area contributed by atoms with Crippen molar-refractivity contribution in [2.45, 2.75) is 19.9 Å². The number of carbonyl (C=O) groups is 1. The molecule has 4 nitrogen and oxygen atoms in total. The average Bonchev–Trinajstić information content (AvgIpc) is 2.88. The number of carboxylic acid groups (broad SMARTS) is 1. The van der Waals surface area contributed by atoms with E-state index < -0.39 is 5.97 Å². The second kappa shape index (κ2) is 6.33. The van der Waals surface area contributed by atoms with Crippen LogP contribution in [0.1, 0.15) is 16.9 Å². The first kappa shape index (κ1) is 13.5. The molecule has 0 radical (unpaired) electrons. The number of anilines is 1. The summed E-state index contributed by atoms with van der Waals surface area (Å²) in [6.45, 7) is 3.23. The lowest BCUT2D eigenvalue weighted by Crippen LogP contribution is -2.25. The third-order valence-electron chi connectivity index (χ3n) is 2.82. The van der Waals surface area contributed by atoms with E-state index in [0.29, 0.717) is 13.1 Å². The van der Waals surface area contributed by atoms with E-state index in [2.05, 4.69) is 9.88 Å². The minimum absolute atomic E-state index is 0.132. The van der Waals surface area contributed by atoms with Crippen LogP contribution in [0.15, 0.2) is 36.0 Å². The number of carboxylic acids is 1. The molecule has 0 unspecified atom stereocenters. The molecule has 1 aromatic heterocycles. The van der Waals surface area contributed by atoms with E-state index in [4.69, 9.17) is 5.11 Å². The third kappa shape index (κ3) is 4.06. The van der Waals surface area contributed by atoms with Crippen LogP contribution in [0.3, 0.4) is 0 Å². The van der Waals surface area contributed by atoms with Crippen molar-refractivity contribution in [2.24, 2.45) is 0 Å². The minimum atomic E-state index is -0.776. The number of hydrogen-bond acceptors (Lipinski definition) is 4. The molecule has 1 heterocycles. The number of hydrogen-bond donors (Lipinski definition) is 1. The highest BCUT2D eigenvalue weighted by atomic mass is 32.1. The lowest BCUT2D eigenvalue weighted by Gasteiger charge is -2.23. The molecule has 0 atom stereocenters. The second-order valence-electron chi connectivity index (χ2n) is 4.37. The molecule has 2 aromatic rings. The van der Waals surface area contributed by atoms with Gasteiger partial charge < -0.3 is 10.0 Å². The van der Waals surface area contributed by atoms with Crippen LogP contribution in [0.2, 0.25) is 0 Å². The fourth-order valence-corrected chi connectivity index (χ4v) is 2.40. The lowest BCUT2D eigenvalue weighted by atomic mass is 10.2. The topological polar surface area (TPSA) is 53.4 Å². The molecular formula is C14H16N2O2S. The molecule has 0 saturated carbocycles. The van der Waals surface area contributed by atoms with Gasteiger partial charge in [0.2, 0.25) is 0 Å². The number of benzene rings is 1. The van der Waals surface area contributed by atoms with Gasteiger partial charge in [-0.25, -0.2) is 0 Å². The van der Waals surface area contributed by atoms with E-state index in [1.54, 1.807) is 16.8 Å². The zero-order valence-electron chi connectivity index (χ0n) is 10.7. The van der Waals surface area contributed by atoms with Crippen LogP contribution in [0.5, 0.6) is 0 Å². The molecule has 0 saturated heterocycles. The Balaban J connectivity index is 2.13. The van der Waals surface area contributed by atoms with Crippen molar-refractivity contribution in [3.63, 3.8) is 0 Å². The van der Waals surface area contributed by atoms with Crippen LogP contribution in [0.4, 0.5) is 5.69 Å². The molecule has 1 aromatic carbocycles. The third-order valence-corrected chi connectivity index (χ3v) is 3.59. The number of thiazole rings is 1. The van der Waals surface area contributed by atoms with Crippen molar-refractivity contribution in [3.05, 3.63) is 46.4 Å². The first-order valence-corrected chi connectivity index (χ1v) is 6.94. The van der Waals surface area contributed by atoms with E-state index in [9.17, 15) is 4.79 Å². The van der Waals surface area contributed by atoms with Gasteiger partial charge in [-0.3, -0.25) is 9.78 Å². The molecule has 0 amide bonds. The fraction of sp³-hybridized carbons (Fsp3) is 0.286. The molecule has 0 aliphatic rings. The van der Waals surface area contributed by atoms with E-state index in [0.717, 1.165) is 10.6 Å². The number of aliphatic carboxylic acids is 1. The first-order valence-electron chi connectivity index (χ1n) is 6.06. The Hall–Kier alpha value is -1.88. The quantitative estimate of drug-likeness (QED) is 0.881. The number of rotatable bonds is 6. The van der Waals surface area contributed by atoms with Crippen molar-refractivity contribution in [3.8, 4) is 0 Å². The zero-order valence-corrected chi connectivity index (χ0v) is 11.6. The highest BCUT2D eigenvalue weighted by Crippen LogP contribution is 2.19. The SMILES string of the molecule is Cc1ccc(N(CCC(=O)O)Cc2cncs2)cc1. The fourth-order valence-electron chi connectivity index (χ4n) is 1.79. The maximum atomic E-state index is 10.8. The molecule has 0 aliphatic heterocycles. The van der Waals surface area contributed by atoms with Gasteiger partial charge in [-0.05, 0) is 19.1 Å². The number of aromatic nitrogens is 1. The Morgan fingerprint density at radius 2 is 2.11 bits per heavy atom. The molecule has 2 rings (SSSR count). The molecular weight excluding hydrogens is 260 g/mol. The van der Waals surface area contributed by atoms with Crippen molar-refractivity contribution < 1.29 is 9.90 Å². The van der Waals surface area contributed by atoms with Crippen LogP contribution in [-0.4, -0.2) is 22.6 Å². The molecule has 100 valence electrons. The van der Waals surface area contributed by atoms with Gasteiger partial charge in [-0.15, -0.1) is 11.3 Å². The van der Waals surface area contributed by atoms with E-state index >= 15 is 0 Å². The maximum Gasteiger partial charge on any atom is 0.305 e. The summed E-state index contributed by atoms with van der Waals surface area (Å²) in [6.07, 6.45) is 1.96. The van der Waals surface area contributed by atoms with Gasteiger partial charge in [-0.2, -0.15) is 0 Å². The van der Waals surface area contributed by atoms with Crippen molar-refractivity contribution >= 4 is 23.0 Å². The molecule has 0 fully saturated rings. The predicted octanol–water partition coefficient (Wildman–Crippen LogP) is 2.93. The molecule has 0 bridgehead atoms. The van der Waals surface area contributed by atoms with E-state index in [-0.39, 0.29) is 6.42 Å². The van der Waals surface area contributed by atoms with E-state index in [1.807, 2.05) is 37.4 Å². The van der Waals surface area contributed by atoms with Crippen LogP contribution in [-0.2, 0) is 11.3 Å². The second-order valence-corrected chi connectivity index (χ2v) is 5.34. The highest BCUT2D eigenvalue weighted by molar-refractivity contribution is 7.09. The molecule has 0 spiro atoms. The molecule has 19 heavy (non-hydrogen) atoms. The van der Waals surface area contributed by atoms with Crippen LogP contribution >= 0.6 is 11.3 Å². The summed E-state index contributed by atoms with van der Waals surface area (Å²) in [6, 6.07) is 8.13. The normalized spacial score (nSPS) is 10.4. The zero-order chi connectivity index (χ0) is 13.7. The summed E-state index contributed by atoms with van der Waals surface area (Å²) >= 11 is 1.58. The summed E-state index contributed by atoms with van der Waals surface area (Å²) in [7, 11) is 0. The summed E-state index contributed by atoms with van der Waals surface area (Å²) in [5, 5.41) is 8.84. The summed E-state index contributed by atoms with van der Waals surface area (Å²) in [5.41, 5.74) is 4.03. The van der Waals surface area contributed by atoms with Crippen LogP contribution in [0.25, 0.3) is 0 Å². The van der Waals surface area contributed by atoms with Gasteiger partial charge in [0.1, 0.15) is 0 Å². The van der Waals surface area contributed by atoms with Gasteiger partial charge in [0, 0.05) is 23.3 Å². The lowest BCUT2D eigenvalue weighted by molar-refractivity contribution is -0.136. The minimum Gasteiger partial charge on any atom is -0.481 e. The Morgan fingerprint density at radius 3 is 2.68 bits per heavy atom.